The molecule has 1 fully saturated rings. The molecule has 6 aromatic rings. The van der Waals surface area contributed by atoms with E-state index in [-0.39, 0.29) is 17.6 Å². The first kappa shape index (κ1) is 27.7. The molecule has 1 saturated carbocycles. The van der Waals surface area contributed by atoms with Gasteiger partial charge >= 0.3 is 0 Å². The van der Waals surface area contributed by atoms with Crippen LogP contribution in [0.5, 0.6) is 0 Å². The standard InChI is InChI=1S/C33H32FN9O/c1-43(2)10-9-36-24-12-20(11-23(34)15-24)26-7-4-8-28-29(26)40-32(39-28)30-27-14-22(17-37-31(27)42-41-30)21-13-25(18-35-16-21)38-33(44)19-5-3-6-19/h4,7-8,11-19,36H,3,5-6,9-10H2,1-2H3,(H,38,44)(H,39,40)(H,37,41,42). The van der Waals surface area contributed by atoms with Gasteiger partial charge in [-0.1, -0.05) is 18.6 Å². The summed E-state index contributed by atoms with van der Waals surface area (Å²) in [5, 5.41) is 14.6. The fraction of sp³-hybridized carbons (Fsp3) is 0.242. The number of likely N-dealkylation sites (N-methyl/N-ethyl adjacent to an activating group) is 1. The van der Waals surface area contributed by atoms with Gasteiger partial charge in [-0.25, -0.2) is 14.4 Å². The molecule has 0 bridgehead atoms. The lowest BCUT2D eigenvalue weighted by molar-refractivity contribution is -0.122. The second-order valence-corrected chi connectivity index (χ2v) is 11.5. The predicted molar refractivity (Wildman–Crippen MR) is 171 cm³/mol. The lowest BCUT2D eigenvalue weighted by atomic mass is 9.85. The Balaban J connectivity index is 1.21. The molecule has 1 aliphatic rings. The third-order valence-corrected chi connectivity index (χ3v) is 8.07. The van der Waals surface area contributed by atoms with Gasteiger partial charge in [-0.05, 0) is 68.9 Å². The topological polar surface area (TPSA) is 128 Å². The van der Waals surface area contributed by atoms with E-state index in [2.05, 4.69) is 40.7 Å². The maximum Gasteiger partial charge on any atom is 0.227 e. The minimum atomic E-state index is -0.319. The van der Waals surface area contributed by atoms with Crippen LogP contribution in [0.3, 0.4) is 0 Å². The average Bonchev–Trinajstić information content (AvgIpc) is 3.59. The van der Waals surface area contributed by atoms with Crippen LogP contribution in [0.15, 0.2) is 67.1 Å². The molecule has 1 amide bonds. The zero-order valence-corrected chi connectivity index (χ0v) is 24.5. The quantitative estimate of drug-likeness (QED) is 0.161. The van der Waals surface area contributed by atoms with Crippen molar-refractivity contribution in [2.45, 2.75) is 19.3 Å². The van der Waals surface area contributed by atoms with Crippen LogP contribution >= 0.6 is 0 Å². The molecule has 4 N–H and O–H groups in total. The Morgan fingerprint density at radius 1 is 1.02 bits per heavy atom. The third-order valence-electron chi connectivity index (χ3n) is 8.07. The van der Waals surface area contributed by atoms with E-state index in [9.17, 15) is 9.18 Å². The minimum Gasteiger partial charge on any atom is -0.384 e. The highest BCUT2D eigenvalue weighted by molar-refractivity contribution is 5.98. The van der Waals surface area contributed by atoms with Gasteiger partial charge < -0.3 is 20.5 Å². The van der Waals surface area contributed by atoms with E-state index in [0.717, 1.165) is 59.0 Å². The van der Waals surface area contributed by atoms with Crippen molar-refractivity contribution in [1.82, 2.24) is 35.0 Å². The number of fused-ring (bicyclic) bond motifs is 2. The van der Waals surface area contributed by atoms with Gasteiger partial charge in [-0.3, -0.25) is 14.9 Å². The number of H-pyrrole nitrogens is 2. The van der Waals surface area contributed by atoms with Gasteiger partial charge in [0.1, 0.15) is 11.5 Å². The summed E-state index contributed by atoms with van der Waals surface area (Å²) in [5.41, 5.74) is 7.32. The number of imidazole rings is 1. The molecule has 4 aromatic heterocycles. The van der Waals surface area contributed by atoms with Crippen molar-refractivity contribution < 1.29 is 9.18 Å². The monoisotopic (exact) mass is 589 g/mol. The molecule has 10 nitrogen and oxygen atoms in total. The van der Waals surface area contributed by atoms with Gasteiger partial charge in [0.05, 0.1) is 28.3 Å². The second kappa shape index (κ2) is 11.5. The number of amides is 1. The van der Waals surface area contributed by atoms with Crippen LogP contribution in [0.4, 0.5) is 15.8 Å². The normalized spacial score (nSPS) is 13.5. The van der Waals surface area contributed by atoms with Gasteiger partial charge in [0.2, 0.25) is 5.91 Å². The van der Waals surface area contributed by atoms with E-state index < -0.39 is 0 Å². The number of para-hydroxylation sites is 1. The molecule has 0 spiro atoms. The molecule has 0 atom stereocenters. The molecule has 44 heavy (non-hydrogen) atoms. The number of aromatic nitrogens is 6. The summed E-state index contributed by atoms with van der Waals surface area (Å²) in [4.78, 5) is 31.8. The number of nitrogens with one attached hydrogen (secondary N) is 4. The Morgan fingerprint density at radius 2 is 1.86 bits per heavy atom. The van der Waals surface area contributed by atoms with Crippen LogP contribution in [0.1, 0.15) is 19.3 Å². The number of halogens is 1. The summed E-state index contributed by atoms with van der Waals surface area (Å²) in [6.07, 6.45) is 8.12. The molecule has 7 rings (SSSR count). The van der Waals surface area contributed by atoms with Crippen LogP contribution in [0.2, 0.25) is 0 Å². The summed E-state index contributed by atoms with van der Waals surface area (Å²) in [5.74, 6) is 0.376. The highest BCUT2D eigenvalue weighted by atomic mass is 19.1. The van der Waals surface area contributed by atoms with Crippen molar-refractivity contribution in [2.24, 2.45) is 5.92 Å². The Hall–Kier alpha value is -5.16. The SMILES string of the molecule is CN(C)CCNc1cc(F)cc(-c2cccc3[nH]c(-c4n[nH]c5ncc(-c6cncc(NC(=O)C7CCC7)c6)cc45)nc23)c1. The zero-order valence-electron chi connectivity index (χ0n) is 24.5. The van der Waals surface area contributed by atoms with Crippen molar-refractivity contribution in [3.8, 4) is 33.8 Å². The first-order valence-corrected chi connectivity index (χ1v) is 14.7. The summed E-state index contributed by atoms with van der Waals surface area (Å²) >= 11 is 0. The predicted octanol–water partition coefficient (Wildman–Crippen LogP) is 6.08. The molecule has 0 unspecified atom stereocenters. The van der Waals surface area contributed by atoms with Crippen LogP contribution in [0, 0.1) is 11.7 Å². The van der Waals surface area contributed by atoms with Crippen LogP contribution in [-0.2, 0) is 4.79 Å². The lowest BCUT2D eigenvalue weighted by Gasteiger charge is -2.24. The van der Waals surface area contributed by atoms with Crippen molar-refractivity contribution in [2.75, 3.05) is 37.8 Å². The van der Waals surface area contributed by atoms with Crippen LogP contribution in [0.25, 0.3) is 55.8 Å². The number of benzene rings is 2. The van der Waals surface area contributed by atoms with Crippen molar-refractivity contribution >= 4 is 39.3 Å². The van der Waals surface area contributed by atoms with E-state index in [1.807, 2.05) is 50.5 Å². The van der Waals surface area contributed by atoms with E-state index in [1.165, 1.54) is 12.1 Å². The fourth-order valence-electron chi connectivity index (χ4n) is 5.47. The van der Waals surface area contributed by atoms with Crippen molar-refractivity contribution in [1.29, 1.82) is 0 Å². The fourth-order valence-corrected chi connectivity index (χ4v) is 5.47. The highest BCUT2D eigenvalue weighted by Crippen LogP contribution is 2.34. The molecule has 0 saturated heterocycles. The summed E-state index contributed by atoms with van der Waals surface area (Å²) < 4.78 is 14.7. The van der Waals surface area contributed by atoms with E-state index >= 15 is 0 Å². The van der Waals surface area contributed by atoms with Crippen molar-refractivity contribution in [3.05, 3.63) is 72.9 Å². The lowest BCUT2D eigenvalue weighted by Crippen LogP contribution is -2.28. The smallest absolute Gasteiger partial charge is 0.227 e. The molecule has 4 heterocycles. The van der Waals surface area contributed by atoms with Gasteiger partial charge in [-0.2, -0.15) is 5.10 Å². The first-order valence-electron chi connectivity index (χ1n) is 14.7. The van der Waals surface area contributed by atoms with Gasteiger partial charge in [0, 0.05) is 53.8 Å². The maximum absolute atomic E-state index is 14.7. The third kappa shape index (κ3) is 5.49. The minimum absolute atomic E-state index is 0.0419. The number of pyridine rings is 2. The molecule has 0 aliphatic heterocycles. The number of aromatic amines is 2. The highest BCUT2D eigenvalue weighted by Gasteiger charge is 2.25. The molecule has 0 radical (unpaired) electrons. The summed E-state index contributed by atoms with van der Waals surface area (Å²) in [7, 11) is 4.00. The number of carbonyl (C=O) groups excluding carboxylic acids is 1. The van der Waals surface area contributed by atoms with E-state index in [4.69, 9.17) is 4.98 Å². The van der Waals surface area contributed by atoms with E-state index in [0.29, 0.717) is 40.6 Å². The van der Waals surface area contributed by atoms with Crippen LogP contribution < -0.4 is 10.6 Å². The molecule has 222 valence electrons. The summed E-state index contributed by atoms with van der Waals surface area (Å²) in [6.45, 7) is 1.53. The molecular formula is C33H32FN9O. The molecular weight excluding hydrogens is 557 g/mol. The number of hydrogen-bond donors (Lipinski definition) is 4. The molecule has 11 heteroatoms. The average molecular weight is 590 g/mol. The number of carbonyl (C=O) groups is 1. The second-order valence-electron chi connectivity index (χ2n) is 11.5. The molecule has 1 aliphatic carbocycles. The number of nitrogens with zero attached hydrogens (tertiary/aromatic N) is 5. The first-order chi connectivity index (χ1) is 21.4. The Morgan fingerprint density at radius 3 is 2.68 bits per heavy atom. The number of anilines is 2. The van der Waals surface area contributed by atoms with Gasteiger partial charge in [0.15, 0.2) is 11.5 Å². The Bertz CT molecular complexity index is 1990. The largest absolute Gasteiger partial charge is 0.384 e. The van der Waals surface area contributed by atoms with E-state index in [1.54, 1.807) is 18.6 Å². The number of hydrogen-bond acceptors (Lipinski definition) is 7. The summed E-state index contributed by atoms with van der Waals surface area (Å²) in [6, 6.07) is 14.7. The molecule has 2 aromatic carbocycles. The number of rotatable bonds is 9. The van der Waals surface area contributed by atoms with Gasteiger partial charge in [-0.15, -0.1) is 0 Å². The van der Waals surface area contributed by atoms with Crippen molar-refractivity contribution in [3.63, 3.8) is 0 Å². The maximum atomic E-state index is 14.7. The zero-order chi connectivity index (χ0) is 30.2. The van der Waals surface area contributed by atoms with Crippen LogP contribution in [-0.4, -0.2) is 68.1 Å². The Kier molecular flexibility index (Phi) is 7.23. The van der Waals surface area contributed by atoms with Gasteiger partial charge in [0.25, 0.3) is 0 Å². The Labute approximate surface area is 253 Å².